The average Bonchev–Trinajstić information content (AvgIpc) is 3.01. The Hall–Kier alpha value is -3.35. The smallest absolute Gasteiger partial charge is 0.319 e. The fourth-order valence-corrected chi connectivity index (χ4v) is 3.00. The average molecular weight is 367 g/mol. The Kier molecular flexibility index (Phi) is 5.40. The first-order valence-electron chi connectivity index (χ1n) is 8.59. The van der Waals surface area contributed by atoms with E-state index in [1.165, 1.54) is 6.92 Å². The van der Waals surface area contributed by atoms with E-state index < -0.39 is 6.03 Å². The first-order chi connectivity index (χ1) is 13.0. The molecule has 0 radical (unpaired) electrons. The van der Waals surface area contributed by atoms with E-state index >= 15 is 0 Å². The number of benzene rings is 2. The van der Waals surface area contributed by atoms with Crippen LogP contribution in [-0.4, -0.2) is 37.4 Å². The lowest BCUT2D eigenvalue weighted by Crippen LogP contribution is -2.39. The van der Waals surface area contributed by atoms with Crippen LogP contribution in [0.5, 0.6) is 5.75 Å². The molecule has 3 rings (SSSR count). The van der Waals surface area contributed by atoms with E-state index in [1.54, 1.807) is 42.3 Å². The number of Topliss-reactive ketones (excluding diaryl/α,β-unsaturated/α-hetero) is 1. The number of carbonyl (C=O) groups excluding carboxylic acids is 3. The van der Waals surface area contributed by atoms with Crippen LogP contribution < -0.4 is 20.3 Å². The minimum Gasteiger partial charge on any atom is -0.497 e. The van der Waals surface area contributed by atoms with Crippen molar-refractivity contribution in [3.8, 4) is 5.75 Å². The molecule has 1 aliphatic heterocycles. The number of rotatable bonds is 5. The highest BCUT2D eigenvalue weighted by Crippen LogP contribution is 2.25. The molecule has 1 unspecified atom stereocenters. The molecular weight excluding hydrogens is 346 g/mol. The van der Waals surface area contributed by atoms with Gasteiger partial charge in [-0.25, -0.2) is 4.79 Å². The summed E-state index contributed by atoms with van der Waals surface area (Å²) in [6, 6.07) is 13.2. The largest absolute Gasteiger partial charge is 0.497 e. The molecule has 1 atom stereocenters. The lowest BCUT2D eigenvalue weighted by atomic mass is 10.1. The topological polar surface area (TPSA) is 87.7 Å². The second-order valence-electron chi connectivity index (χ2n) is 6.34. The maximum absolute atomic E-state index is 12.3. The van der Waals surface area contributed by atoms with Crippen LogP contribution in [-0.2, 0) is 4.79 Å². The summed E-state index contributed by atoms with van der Waals surface area (Å²) in [6.45, 7) is 1.85. The Morgan fingerprint density at radius 1 is 1.15 bits per heavy atom. The van der Waals surface area contributed by atoms with Gasteiger partial charge in [0.1, 0.15) is 5.75 Å². The third-order valence-electron chi connectivity index (χ3n) is 4.35. The van der Waals surface area contributed by atoms with Gasteiger partial charge >= 0.3 is 6.03 Å². The molecule has 2 N–H and O–H groups in total. The van der Waals surface area contributed by atoms with E-state index in [0.717, 1.165) is 5.69 Å². The zero-order valence-electron chi connectivity index (χ0n) is 15.2. The van der Waals surface area contributed by atoms with Crippen LogP contribution in [0.25, 0.3) is 0 Å². The van der Waals surface area contributed by atoms with Gasteiger partial charge < -0.3 is 20.3 Å². The molecule has 0 spiro atoms. The number of hydrogen-bond acceptors (Lipinski definition) is 4. The quantitative estimate of drug-likeness (QED) is 0.796. The summed E-state index contributed by atoms with van der Waals surface area (Å²) in [7, 11) is 1.57. The molecule has 1 aliphatic rings. The van der Waals surface area contributed by atoms with Crippen molar-refractivity contribution in [1.82, 2.24) is 5.32 Å². The Labute approximate surface area is 157 Å². The normalized spacial score (nSPS) is 16.1. The highest BCUT2D eigenvalue weighted by atomic mass is 16.5. The highest BCUT2D eigenvalue weighted by molar-refractivity contribution is 5.99. The van der Waals surface area contributed by atoms with E-state index in [-0.39, 0.29) is 24.2 Å². The number of hydrogen-bond donors (Lipinski definition) is 2. The predicted octanol–water partition coefficient (Wildman–Crippen LogP) is 2.82. The number of carbonyl (C=O) groups is 3. The number of nitrogens with one attached hydrogen (secondary N) is 2. The summed E-state index contributed by atoms with van der Waals surface area (Å²) in [4.78, 5) is 37.6. The molecule has 7 nitrogen and oxygen atoms in total. The number of methoxy groups -OCH3 is 1. The summed E-state index contributed by atoms with van der Waals surface area (Å²) in [5.41, 5.74) is 1.78. The molecule has 0 bridgehead atoms. The van der Waals surface area contributed by atoms with Crippen LogP contribution in [0, 0.1) is 0 Å². The predicted molar refractivity (Wildman–Crippen MR) is 102 cm³/mol. The van der Waals surface area contributed by atoms with Crippen molar-refractivity contribution in [2.24, 2.45) is 0 Å². The van der Waals surface area contributed by atoms with Crippen LogP contribution in [0.1, 0.15) is 23.7 Å². The number of amides is 3. The van der Waals surface area contributed by atoms with Gasteiger partial charge in [-0.05, 0) is 31.2 Å². The van der Waals surface area contributed by atoms with Crippen molar-refractivity contribution in [3.63, 3.8) is 0 Å². The molecular formula is C20H21N3O4. The van der Waals surface area contributed by atoms with Crippen LogP contribution in [0.3, 0.4) is 0 Å². The number of nitrogens with zero attached hydrogens (tertiary/aromatic N) is 1. The Bertz CT molecular complexity index is 881. The maximum Gasteiger partial charge on any atom is 0.319 e. The summed E-state index contributed by atoms with van der Waals surface area (Å²) in [5.74, 6) is 0.529. The molecule has 27 heavy (non-hydrogen) atoms. The second-order valence-corrected chi connectivity index (χ2v) is 6.34. The third kappa shape index (κ3) is 4.44. The van der Waals surface area contributed by atoms with Gasteiger partial charge in [0.2, 0.25) is 5.91 Å². The van der Waals surface area contributed by atoms with Gasteiger partial charge in [-0.2, -0.15) is 0 Å². The molecule has 0 aromatic heterocycles. The van der Waals surface area contributed by atoms with E-state index in [1.807, 2.05) is 18.2 Å². The van der Waals surface area contributed by atoms with Gasteiger partial charge in [0, 0.05) is 36.0 Å². The van der Waals surface area contributed by atoms with Crippen LogP contribution >= 0.6 is 0 Å². The Morgan fingerprint density at radius 2 is 1.93 bits per heavy atom. The molecule has 2 aromatic rings. The number of anilines is 2. The van der Waals surface area contributed by atoms with E-state index in [2.05, 4.69) is 10.6 Å². The fraction of sp³-hybridized carbons (Fsp3) is 0.250. The minimum atomic E-state index is -0.416. The van der Waals surface area contributed by atoms with Crippen molar-refractivity contribution in [2.75, 3.05) is 23.9 Å². The summed E-state index contributed by atoms with van der Waals surface area (Å²) >= 11 is 0. The number of ether oxygens (including phenoxy) is 1. The molecule has 3 amide bonds. The van der Waals surface area contributed by atoms with Crippen LogP contribution in [0.2, 0.25) is 0 Å². The summed E-state index contributed by atoms with van der Waals surface area (Å²) < 4.78 is 5.19. The van der Waals surface area contributed by atoms with Crippen LogP contribution in [0.4, 0.5) is 16.2 Å². The van der Waals surface area contributed by atoms with Crippen molar-refractivity contribution in [2.45, 2.75) is 19.4 Å². The fourth-order valence-electron chi connectivity index (χ4n) is 3.00. The molecule has 0 aliphatic carbocycles. The first-order valence-corrected chi connectivity index (χ1v) is 8.59. The number of ketones is 1. The molecule has 1 fully saturated rings. The van der Waals surface area contributed by atoms with E-state index in [4.69, 9.17) is 4.74 Å². The molecule has 140 valence electrons. The van der Waals surface area contributed by atoms with Gasteiger partial charge in [0.05, 0.1) is 13.2 Å². The van der Waals surface area contributed by atoms with Crippen molar-refractivity contribution in [3.05, 3.63) is 54.1 Å². The first kappa shape index (κ1) is 18.4. The van der Waals surface area contributed by atoms with Gasteiger partial charge in [-0.15, -0.1) is 0 Å². The molecule has 1 saturated heterocycles. The highest BCUT2D eigenvalue weighted by Gasteiger charge is 2.31. The van der Waals surface area contributed by atoms with Crippen molar-refractivity contribution < 1.29 is 19.1 Å². The van der Waals surface area contributed by atoms with Gasteiger partial charge in [0.15, 0.2) is 5.78 Å². The minimum absolute atomic E-state index is 0.0628. The van der Waals surface area contributed by atoms with Crippen LogP contribution in [0.15, 0.2) is 48.5 Å². The standard InChI is InChI=1S/C20H21N3O4/c1-13(24)14-5-3-6-15(9-14)21-20(26)22-16-10-19(25)23(12-16)17-7-4-8-18(11-17)27-2/h3-9,11,16H,10,12H2,1-2H3,(H2,21,22,26). The summed E-state index contributed by atoms with van der Waals surface area (Å²) in [5, 5.41) is 5.51. The van der Waals surface area contributed by atoms with Gasteiger partial charge in [-0.3, -0.25) is 9.59 Å². The van der Waals surface area contributed by atoms with Crippen molar-refractivity contribution >= 4 is 29.1 Å². The molecule has 0 saturated carbocycles. The van der Waals surface area contributed by atoms with E-state index in [0.29, 0.717) is 23.5 Å². The molecule has 1 heterocycles. The van der Waals surface area contributed by atoms with Gasteiger partial charge in [-0.1, -0.05) is 18.2 Å². The second kappa shape index (κ2) is 7.90. The Balaban J connectivity index is 1.61. The lowest BCUT2D eigenvalue weighted by molar-refractivity contribution is -0.117. The van der Waals surface area contributed by atoms with Crippen molar-refractivity contribution in [1.29, 1.82) is 0 Å². The number of urea groups is 1. The monoisotopic (exact) mass is 367 g/mol. The summed E-state index contributed by atoms with van der Waals surface area (Å²) in [6.07, 6.45) is 0.220. The zero-order valence-corrected chi connectivity index (χ0v) is 15.2. The lowest BCUT2D eigenvalue weighted by Gasteiger charge is -2.18. The maximum atomic E-state index is 12.3. The molecule has 7 heteroatoms. The van der Waals surface area contributed by atoms with Gasteiger partial charge in [0.25, 0.3) is 0 Å². The SMILES string of the molecule is COc1cccc(N2CC(NC(=O)Nc3cccc(C(C)=O)c3)CC2=O)c1. The third-order valence-corrected chi connectivity index (χ3v) is 4.35. The zero-order chi connectivity index (χ0) is 19.4. The Morgan fingerprint density at radius 3 is 2.67 bits per heavy atom. The van der Waals surface area contributed by atoms with E-state index in [9.17, 15) is 14.4 Å². The molecule has 2 aromatic carbocycles.